The average Bonchev–Trinajstić information content (AvgIpc) is 2.79. The van der Waals surface area contributed by atoms with Crippen LogP contribution in [0.25, 0.3) is 11.4 Å². The van der Waals surface area contributed by atoms with Crippen LogP contribution in [0.15, 0.2) is 47.4 Å². The van der Waals surface area contributed by atoms with Crippen LogP contribution in [-0.2, 0) is 6.42 Å². The molecule has 0 aliphatic carbocycles. The summed E-state index contributed by atoms with van der Waals surface area (Å²) in [7, 11) is 0. The van der Waals surface area contributed by atoms with E-state index in [0.717, 1.165) is 17.1 Å². The first-order valence-corrected chi connectivity index (χ1v) is 10.3. The Morgan fingerprint density at radius 1 is 1.10 bits per heavy atom. The van der Waals surface area contributed by atoms with E-state index < -0.39 is 0 Å². The summed E-state index contributed by atoms with van der Waals surface area (Å²) < 4.78 is 14.5. The van der Waals surface area contributed by atoms with Gasteiger partial charge in [0.15, 0.2) is 5.78 Å². The number of benzene rings is 1. The molecule has 31 heavy (non-hydrogen) atoms. The van der Waals surface area contributed by atoms with Crippen LogP contribution in [0.4, 0.5) is 15.9 Å². The fourth-order valence-electron chi connectivity index (χ4n) is 3.70. The number of piperazine rings is 1. The molecule has 1 aliphatic heterocycles. The molecule has 0 unspecified atom stereocenters. The minimum absolute atomic E-state index is 0.148. The predicted molar refractivity (Wildman–Crippen MR) is 118 cm³/mol. The topological polar surface area (TPSA) is 82.2 Å². The molecule has 3 heterocycles. The largest absolute Gasteiger partial charge is 0.366 e. The molecule has 0 spiro atoms. The van der Waals surface area contributed by atoms with Crippen LogP contribution in [0.2, 0.25) is 0 Å². The molecule has 0 saturated carbocycles. The molecule has 1 aromatic carbocycles. The molecule has 0 radical (unpaired) electrons. The van der Waals surface area contributed by atoms with Gasteiger partial charge in [-0.05, 0) is 43.7 Å². The molecule has 7 nitrogen and oxygen atoms in total. The molecule has 0 atom stereocenters. The molecule has 1 aliphatic rings. The summed E-state index contributed by atoms with van der Waals surface area (Å²) in [4.78, 5) is 39.1. The Kier molecular flexibility index (Phi) is 5.79. The van der Waals surface area contributed by atoms with Crippen molar-refractivity contribution >= 4 is 17.3 Å². The van der Waals surface area contributed by atoms with Gasteiger partial charge >= 0.3 is 0 Å². The molecule has 1 N–H and O–H groups in total. The van der Waals surface area contributed by atoms with Gasteiger partial charge in [0.05, 0.1) is 5.69 Å². The highest BCUT2D eigenvalue weighted by Crippen LogP contribution is 2.24. The van der Waals surface area contributed by atoms with Crippen LogP contribution in [-0.4, -0.2) is 46.9 Å². The van der Waals surface area contributed by atoms with Crippen LogP contribution in [0.3, 0.4) is 0 Å². The normalized spacial score (nSPS) is 14.0. The number of carbonyl (C=O) groups is 1. The van der Waals surface area contributed by atoms with Crippen molar-refractivity contribution in [3.05, 3.63) is 70.0 Å². The standard InChI is InChI=1S/C23H24FN5O2/c1-3-18-13-22(31)27-23(26-18)17-5-7-21(25-14-17)29-10-8-28(9-11-29)20-6-4-16(15(2)30)12-19(20)24/h4-7,12-14H,3,8-11H2,1-2H3,(H,26,27,31). The highest BCUT2D eigenvalue weighted by molar-refractivity contribution is 5.94. The first-order valence-electron chi connectivity index (χ1n) is 10.3. The number of carbonyl (C=O) groups excluding carboxylic acids is 1. The third kappa shape index (κ3) is 4.47. The highest BCUT2D eigenvalue weighted by atomic mass is 19.1. The van der Waals surface area contributed by atoms with Gasteiger partial charge in [-0.25, -0.2) is 14.4 Å². The van der Waals surface area contributed by atoms with E-state index in [-0.39, 0.29) is 17.2 Å². The molecule has 4 rings (SSSR count). The number of H-pyrrole nitrogens is 1. The van der Waals surface area contributed by atoms with Crippen molar-refractivity contribution in [2.45, 2.75) is 20.3 Å². The molecular formula is C23H24FN5O2. The Morgan fingerprint density at radius 2 is 1.84 bits per heavy atom. The number of pyridine rings is 1. The van der Waals surface area contributed by atoms with E-state index in [1.807, 2.05) is 24.0 Å². The lowest BCUT2D eigenvalue weighted by atomic mass is 10.1. The minimum Gasteiger partial charge on any atom is -0.366 e. The lowest BCUT2D eigenvalue weighted by Crippen LogP contribution is -2.47. The second kappa shape index (κ2) is 8.67. The van der Waals surface area contributed by atoms with E-state index in [0.29, 0.717) is 49.7 Å². The first-order chi connectivity index (χ1) is 14.9. The summed E-state index contributed by atoms with van der Waals surface area (Å²) in [6, 6.07) is 9.95. The van der Waals surface area contributed by atoms with Gasteiger partial charge in [-0.2, -0.15) is 0 Å². The van der Waals surface area contributed by atoms with Crippen LogP contribution in [0.5, 0.6) is 0 Å². The van der Waals surface area contributed by atoms with Gasteiger partial charge < -0.3 is 14.8 Å². The maximum Gasteiger partial charge on any atom is 0.251 e. The van der Waals surface area contributed by atoms with Crippen molar-refractivity contribution in [3.63, 3.8) is 0 Å². The van der Waals surface area contributed by atoms with E-state index in [2.05, 4.69) is 19.9 Å². The van der Waals surface area contributed by atoms with Crippen molar-refractivity contribution in [2.75, 3.05) is 36.0 Å². The quantitative estimate of drug-likeness (QED) is 0.638. The number of hydrogen-bond donors (Lipinski definition) is 1. The van der Waals surface area contributed by atoms with Gasteiger partial charge in [0.1, 0.15) is 17.5 Å². The molecule has 1 fully saturated rings. The van der Waals surface area contributed by atoms with Gasteiger partial charge in [0, 0.05) is 55.3 Å². The molecule has 0 bridgehead atoms. The molecule has 2 aromatic heterocycles. The fourth-order valence-corrected chi connectivity index (χ4v) is 3.70. The Balaban J connectivity index is 1.44. The number of aromatic nitrogens is 3. The molecule has 1 saturated heterocycles. The summed E-state index contributed by atoms with van der Waals surface area (Å²) in [5, 5.41) is 0. The Labute approximate surface area is 179 Å². The number of aromatic amines is 1. The smallest absolute Gasteiger partial charge is 0.251 e. The van der Waals surface area contributed by atoms with E-state index in [1.54, 1.807) is 18.3 Å². The van der Waals surface area contributed by atoms with E-state index in [9.17, 15) is 14.0 Å². The van der Waals surface area contributed by atoms with Gasteiger partial charge in [-0.15, -0.1) is 0 Å². The first kappa shape index (κ1) is 20.7. The fraction of sp³-hybridized carbons (Fsp3) is 0.304. The zero-order valence-electron chi connectivity index (χ0n) is 17.6. The summed E-state index contributed by atoms with van der Waals surface area (Å²) in [5.41, 5.74) is 2.21. The number of aryl methyl sites for hydroxylation is 1. The third-order valence-corrected chi connectivity index (χ3v) is 5.48. The van der Waals surface area contributed by atoms with Crippen LogP contribution >= 0.6 is 0 Å². The van der Waals surface area contributed by atoms with E-state index in [1.165, 1.54) is 19.1 Å². The van der Waals surface area contributed by atoms with E-state index >= 15 is 0 Å². The lowest BCUT2D eigenvalue weighted by Gasteiger charge is -2.36. The predicted octanol–water partition coefficient (Wildman–Crippen LogP) is 3.06. The van der Waals surface area contributed by atoms with Crippen LogP contribution in [0, 0.1) is 5.82 Å². The molecule has 0 amide bonds. The number of rotatable bonds is 5. The maximum atomic E-state index is 14.5. The van der Waals surface area contributed by atoms with Crippen molar-refractivity contribution in [1.29, 1.82) is 0 Å². The Hall–Kier alpha value is -3.55. The summed E-state index contributed by atoms with van der Waals surface area (Å²) >= 11 is 0. The zero-order chi connectivity index (χ0) is 22.0. The monoisotopic (exact) mass is 421 g/mol. The second-order valence-electron chi connectivity index (χ2n) is 7.54. The number of nitrogens with zero attached hydrogens (tertiary/aromatic N) is 4. The zero-order valence-corrected chi connectivity index (χ0v) is 17.6. The number of anilines is 2. The van der Waals surface area contributed by atoms with E-state index in [4.69, 9.17) is 0 Å². The third-order valence-electron chi connectivity index (χ3n) is 5.48. The van der Waals surface area contributed by atoms with Gasteiger partial charge in [-0.1, -0.05) is 6.92 Å². The van der Waals surface area contributed by atoms with Crippen molar-refractivity contribution in [3.8, 4) is 11.4 Å². The lowest BCUT2D eigenvalue weighted by molar-refractivity contribution is 0.101. The molecule has 8 heteroatoms. The summed E-state index contributed by atoms with van der Waals surface area (Å²) in [5.74, 6) is 0.812. The summed E-state index contributed by atoms with van der Waals surface area (Å²) in [6.07, 6.45) is 2.39. The summed E-state index contributed by atoms with van der Waals surface area (Å²) in [6.45, 7) is 6.07. The molecule has 160 valence electrons. The number of hydrogen-bond acceptors (Lipinski definition) is 6. The maximum absolute atomic E-state index is 14.5. The number of nitrogens with one attached hydrogen (secondary N) is 1. The Bertz CT molecular complexity index is 1150. The number of Topliss-reactive ketones (excluding diaryl/α,β-unsaturated/α-hetero) is 1. The average molecular weight is 421 g/mol. The van der Waals surface area contributed by atoms with Crippen LogP contribution in [0.1, 0.15) is 29.9 Å². The molecule has 3 aromatic rings. The van der Waals surface area contributed by atoms with Gasteiger partial charge in [-0.3, -0.25) is 9.59 Å². The highest BCUT2D eigenvalue weighted by Gasteiger charge is 2.21. The number of halogens is 1. The molecular weight excluding hydrogens is 397 g/mol. The minimum atomic E-state index is -0.376. The van der Waals surface area contributed by atoms with Crippen molar-refractivity contribution in [1.82, 2.24) is 15.0 Å². The van der Waals surface area contributed by atoms with Crippen molar-refractivity contribution < 1.29 is 9.18 Å². The van der Waals surface area contributed by atoms with Crippen molar-refractivity contribution in [2.24, 2.45) is 0 Å². The SMILES string of the molecule is CCc1cc(=O)[nH]c(-c2ccc(N3CCN(c4ccc(C(C)=O)cc4F)CC3)nc2)n1. The Morgan fingerprint density at radius 3 is 2.45 bits per heavy atom. The second-order valence-corrected chi connectivity index (χ2v) is 7.54. The van der Waals surface area contributed by atoms with Gasteiger partial charge in [0.25, 0.3) is 5.56 Å². The van der Waals surface area contributed by atoms with Gasteiger partial charge in [0.2, 0.25) is 0 Å². The number of ketones is 1. The van der Waals surface area contributed by atoms with Crippen LogP contribution < -0.4 is 15.4 Å².